The molecule has 2 atom stereocenters. The Labute approximate surface area is 160 Å². The van der Waals surface area contributed by atoms with Gasteiger partial charge in [0.2, 0.25) is 0 Å². The molecule has 1 aromatic rings. The number of carbonyl (C=O) groups excluding carboxylic acids is 1. The van der Waals surface area contributed by atoms with Crippen molar-refractivity contribution in [3.8, 4) is 0 Å². The lowest BCUT2D eigenvalue weighted by molar-refractivity contribution is 0.0217. The SMILES string of the molecule is CN1CCN([C@H]2CCN(C(=O)c3cncc(Cl)c3)C[C@H]2CCCO)CC1. The molecule has 0 spiro atoms. The second kappa shape index (κ2) is 9.13. The van der Waals surface area contributed by atoms with E-state index < -0.39 is 0 Å². The van der Waals surface area contributed by atoms with Crippen LogP contribution in [0.4, 0.5) is 0 Å². The number of aliphatic hydroxyl groups is 1. The summed E-state index contributed by atoms with van der Waals surface area (Å²) in [6, 6.07) is 2.18. The number of amides is 1. The van der Waals surface area contributed by atoms with Gasteiger partial charge in [-0.05, 0) is 38.3 Å². The quantitative estimate of drug-likeness (QED) is 0.840. The van der Waals surface area contributed by atoms with Gasteiger partial charge in [-0.3, -0.25) is 14.7 Å². The molecule has 1 aromatic heterocycles. The van der Waals surface area contributed by atoms with Crippen LogP contribution in [0.3, 0.4) is 0 Å². The Balaban J connectivity index is 1.68. The number of likely N-dealkylation sites (N-methyl/N-ethyl adjacent to an activating group) is 1. The standard InChI is InChI=1S/C19H29ClN4O2/c1-22-6-8-23(9-7-22)18-4-5-24(14-15(18)3-2-10-25)19(26)16-11-17(20)13-21-12-16/h11-13,15,18,25H,2-10,14H2,1H3/t15-,18+/m1/s1. The number of hydrogen-bond acceptors (Lipinski definition) is 5. The second-order valence-corrected chi connectivity index (χ2v) is 7.90. The molecular formula is C19H29ClN4O2. The van der Waals surface area contributed by atoms with Crippen molar-refractivity contribution in [1.82, 2.24) is 19.7 Å². The van der Waals surface area contributed by atoms with Crippen molar-refractivity contribution >= 4 is 17.5 Å². The first-order valence-corrected chi connectivity index (χ1v) is 9.89. The molecule has 3 rings (SSSR count). The van der Waals surface area contributed by atoms with E-state index in [1.54, 1.807) is 18.5 Å². The number of nitrogens with zero attached hydrogens (tertiary/aromatic N) is 4. The van der Waals surface area contributed by atoms with Crippen LogP contribution in [0.15, 0.2) is 18.5 Å². The van der Waals surface area contributed by atoms with E-state index in [-0.39, 0.29) is 12.5 Å². The normalized spacial score (nSPS) is 25.4. The summed E-state index contributed by atoms with van der Waals surface area (Å²) in [6.07, 6.45) is 5.85. The van der Waals surface area contributed by atoms with Gasteiger partial charge in [-0.1, -0.05) is 11.6 Å². The van der Waals surface area contributed by atoms with E-state index in [1.807, 2.05) is 4.90 Å². The van der Waals surface area contributed by atoms with Crippen LogP contribution >= 0.6 is 11.6 Å². The van der Waals surface area contributed by atoms with Crippen molar-refractivity contribution in [2.24, 2.45) is 5.92 Å². The molecule has 6 nitrogen and oxygen atoms in total. The van der Waals surface area contributed by atoms with E-state index in [9.17, 15) is 9.90 Å². The number of carbonyl (C=O) groups is 1. The zero-order valence-corrected chi connectivity index (χ0v) is 16.2. The van der Waals surface area contributed by atoms with Crippen molar-refractivity contribution in [3.05, 3.63) is 29.0 Å². The third-order valence-electron chi connectivity index (χ3n) is 5.67. The highest BCUT2D eigenvalue weighted by atomic mass is 35.5. The lowest BCUT2D eigenvalue weighted by atomic mass is 9.86. The van der Waals surface area contributed by atoms with Gasteiger partial charge >= 0.3 is 0 Å². The van der Waals surface area contributed by atoms with Gasteiger partial charge in [-0.25, -0.2) is 0 Å². The highest BCUT2D eigenvalue weighted by Gasteiger charge is 2.35. The molecule has 2 aliphatic rings. The Morgan fingerprint density at radius 1 is 1.27 bits per heavy atom. The first-order chi connectivity index (χ1) is 12.6. The van der Waals surface area contributed by atoms with Crippen LogP contribution in [0, 0.1) is 5.92 Å². The highest BCUT2D eigenvalue weighted by molar-refractivity contribution is 6.30. The summed E-state index contributed by atoms with van der Waals surface area (Å²) in [5.41, 5.74) is 0.552. The summed E-state index contributed by atoms with van der Waals surface area (Å²) < 4.78 is 0. The average Bonchev–Trinajstić information content (AvgIpc) is 2.66. The van der Waals surface area contributed by atoms with Crippen LogP contribution in [-0.4, -0.2) is 89.7 Å². The largest absolute Gasteiger partial charge is 0.396 e. The molecule has 2 fully saturated rings. The van der Waals surface area contributed by atoms with Crippen molar-refractivity contribution in [3.63, 3.8) is 0 Å². The number of hydrogen-bond donors (Lipinski definition) is 1. The Morgan fingerprint density at radius 2 is 2.04 bits per heavy atom. The molecule has 3 heterocycles. The zero-order chi connectivity index (χ0) is 18.5. The maximum absolute atomic E-state index is 12.9. The van der Waals surface area contributed by atoms with Crippen LogP contribution in [0.5, 0.6) is 0 Å². The smallest absolute Gasteiger partial charge is 0.255 e. The molecule has 2 aliphatic heterocycles. The zero-order valence-electron chi connectivity index (χ0n) is 15.5. The lowest BCUT2D eigenvalue weighted by Crippen LogP contribution is -2.56. The summed E-state index contributed by atoms with van der Waals surface area (Å²) in [5, 5.41) is 9.77. The van der Waals surface area contributed by atoms with Crippen molar-refractivity contribution in [2.45, 2.75) is 25.3 Å². The molecule has 144 valence electrons. The first-order valence-electron chi connectivity index (χ1n) is 9.51. The van der Waals surface area contributed by atoms with Gasteiger partial charge in [0.25, 0.3) is 5.91 Å². The van der Waals surface area contributed by atoms with Gasteiger partial charge in [0.1, 0.15) is 0 Å². The molecule has 1 N–H and O–H groups in total. The lowest BCUT2D eigenvalue weighted by Gasteiger charge is -2.46. The summed E-state index contributed by atoms with van der Waals surface area (Å²) in [6.45, 7) is 6.07. The number of halogens is 1. The predicted molar refractivity (Wildman–Crippen MR) is 102 cm³/mol. The fourth-order valence-electron chi connectivity index (χ4n) is 4.19. The fourth-order valence-corrected chi connectivity index (χ4v) is 4.36. The van der Waals surface area contributed by atoms with E-state index in [0.29, 0.717) is 22.5 Å². The predicted octanol–water partition coefficient (Wildman–Crippen LogP) is 1.59. The number of rotatable bonds is 5. The van der Waals surface area contributed by atoms with E-state index in [0.717, 1.165) is 58.5 Å². The molecule has 0 aromatic carbocycles. The number of pyridine rings is 1. The topological polar surface area (TPSA) is 59.9 Å². The second-order valence-electron chi connectivity index (χ2n) is 7.46. The van der Waals surface area contributed by atoms with Crippen LogP contribution in [0.1, 0.15) is 29.6 Å². The minimum absolute atomic E-state index is 0.00539. The van der Waals surface area contributed by atoms with Gasteiger partial charge in [-0.15, -0.1) is 0 Å². The Kier molecular flexibility index (Phi) is 6.86. The van der Waals surface area contributed by atoms with Gasteiger partial charge < -0.3 is 14.9 Å². The summed E-state index contributed by atoms with van der Waals surface area (Å²) in [7, 11) is 2.17. The van der Waals surface area contributed by atoms with Gasteiger partial charge in [0.05, 0.1) is 10.6 Å². The first kappa shape index (κ1) is 19.5. The van der Waals surface area contributed by atoms with E-state index in [4.69, 9.17) is 11.6 Å². The number of piperazine rings is 1. The Bertz CT molecular complexity index is 607. The molecule has 0 radical (unpaired) electrons. The molecule has 7 heteroatoms. The van der Waals surface area contributed by atoms with E-state index in [1.165, 1.54) is 0 Å². The van der Waals surface area contributed by atoms with Crippen LogP contribution in [0.2, 0.25) is 5.02 Å². The van der Waals surface area contributed by atoms with Crippen LogP contribution in [0.25, 0.3) is 0 Å². The fraction of sp³-hybridized carbons (Fsp3) is 0.684. The summed E-state index contributed by atoms with van der Waals surface area (Å²) in [5.74, 6) is 0.404. The monoisotopic (exact) mass is 380 g/mol. The third-order valence-corrected chi connectivity index (χ3v) is 5.88. The number of likely N-dealkylation sites (tertiary alicyclic amines) is 1. The Morgan fingerprint density at radius 3 is 2.73 bits per heavy atom. The van der Waals surface area contributed by atoms with E-state index in [2.05, 4.69) is 21.8 Å². The third kappa shape index (κ3) is 4.74. The summed E-state index contributed by atoms with van der Waals surface area (Å²) in [4.78, 5) is 23.8. The van der Waals surface area contributed by atoms with Crippen LogP contribution < -0.4 is 0 Å². The molecule has 0 saturated carbocycles. The minimum atomic E-state index is 0.00539. The van der Waals surface area contributed by atoms with Gasteiger partial charge in [0, 0.05) is 64.3 Å². The molecule has 0 bridgehead atoms. The molecule has 2 saturated heterocycles. The number of aromatic nitrogens is 1. The number of aliphatic hydroxyl groups excluding tert-OH is 1. The molecular weight excluding hydrogens is 352 g/mol. The summed E-state index contributed by atoms with van der Waals surface area (Å²) >= 11 is 5.99. The maximum Gasteiger partial charge on any atom is 0.255 e. The maximum atomic E-state index is 12.9. The van der Waals surface area contributed by atoms with Crippen molar-refractivity contribution < 1.29 is 9.90 Å². The molecule has 0 aliphatic carbocycles. The van der Waals surface area contributed by atoms with Crippen LogP contribution in [-0.2, 0) is 0 Å². The van der Waals surface area contributed by atoms with E-state index >= 15 is 0 Å². The average molecular weight is 381 g/mol. The number of piperidine rings is 1. The van der Waals surface area contributed by atoms with Gasteiger partial charge in [-0.2, -0.15) is 0 Å². The Hall–Kier alpha value is -1.21. The van der Waals surface area contributed by atoms with Crippen molar-refractivity contribution in [1.29, 1.82) is 0 Å². The minimum Gasteiger partial charge on any atom is -0.396 e. The molecule has 0 unspecified atom stereocenters. The van der Waals surface area contributed by atoms with Gasteiger partial charge in [0.15, 0.2) is 0 Å². The highest BCUT2D eigenvalue weighted by Crippen LogP contribution is 2.28. The molecule has 1 amide bonds. The molecule has 26 heavy (non-hydrogen) atoms. The van der Waals surface area contributed by atoms with Crippen molar-refractivity contribution in [2.75, 3.05) is 52.9 Å².